The van der Waals surface area contributed by atoms with Crippen LogP contribution in [0, 0.1) is 0 Å². The Morgan fingerprint density at radius 1 is 1.29 bits per heavy atom. The van der Waals surface area contributed by atoms with Gasteiger partial charge >= 0.3 is 0 Å². The molecule has 0 amide bonds. The Kier molecular flexibility index (Phi) is 4.43. The van der Waals surface area contributed by atoms with Crippen molar-refractivity contribution >= 4 is 0 Å². The number of nitrogens with zero attached hydrogens (tertiary/aromatic N) is 1. The molecule has 1 aromatic rings. The molecule has 0 aliphatic carbocycles. The molecule has 0 radical (unpaired) electrons. The van der Waals surface area contributed by atoms with E-state index in [0.717, 1.165) is 31.2 Å². The lowest BCUT2D eigenvalue weighted by Gasteiger charge is -2.19. The van der Waals surface area contributed by atoms with E-state index in [-0.39, 0.29) is 0 Å². The van der Waals surface area contributed by atoms with Crippen LogP contribution in [-0.4, -0.2) is 31.1 Å². The first-order valence-electron chi connectivity index (χ1n) is 6.71. The normalized spacial score (nSPS) is 20.7. The van der Waals surface area contributed by atoms with Gasteiger partial charge in [0.15, 0.2) is 0 Å². The first-order valence-corrected chi connectivity index (χ1v) is 6.71. The number of aryl methyl sites for hydroxylation is 1. The minimum absolute atomic E-state index is 0.727. The van der Waals surface area contributed by atoms with E-state index in [9.17, 15) is 0 Å². The molecule has 2 heteroatoms. The van der Waals surface area contributed by atoms with Crippen LogP contribution in [0.2, 0.25) is 0 Å². The summed E-state index contributed by atoms with van der Waals surface area (Å²) in [5.74, 6) is 1.00. The molecule has 94 valence electrons. The molecule has 1 atom stereocenters. The van der Waals surface area contributed by atoms with Gasteiger partial charge in [-0.05, 0) is 57.0 Å². The SMILES string of the molecule is CCc1ccc(OCCC2CCCN2C)cc1. The molecular weight excluding hydrogens is 210 g/mol. The number of hydrogen-bond donors (Lipinski definition) is 0. The summed E-state index contributed by atoms with van der Waals surface area (Å²) < 4.78 is 5.79. The van der Waals surface area contributed by atoms with Crippen LogP contribution in [0.15, 0.2) is 24.3 Å². The summed E-state index contributed by atoms with van der Waals surface area (Å²) in [7, 11) is 2.22. The van der Waals surface area contributed by atoms with Crippen molar-refractivity contribution in [2.24, 2.45) is 0 Å². The zero-order valence-corrected chi connectivity index (χ0v) is 11.0. The van der Waals surface area contributed by atoms with Gasteiger partial charge in [0.1, 0.15) is 5.75 Å². The molecule has 0 N–H and O–H groups in total. The third-order valence-electron chi connectivity index (χ3n) is 3.72. The van der Waals surface area contributed by atoms with Crippen molar-refractivity contribution in [1.29, 1.82) is 0 Å². The Labute approximate surface area is 105 Å². The van der Waals surface area contributed by atoms with E-state index in [1.807, 2.05) is 0 Å². The van der Waals surface area contributed by atoms with Crippen LogP contribution in [0.4, 0.5) is 0 Å². The van der Waals surface area contributed by atoms with Crippen molar-refractivity contribution < 1.29 is 4.74 Å². The lowest BCUT2D eigenvalue weighted by atomic mass is 10.1. The first-order chi connectivity index (χ1) is 8.29. The quantitative estimate of drug-likeness (QED) is 0.775. The zero-order chi connectivity index (χ0) is 12.1. The molecule has 1 aliphatic rings. The van der Waals surface area contributed by atoms with E-state index in [1.165, 1.54) is 24.9 Å². The van der Waals surface area contributed by atoms with E-state index < -0.39 is 0 Å². The fourth-order valence-electron chi connectivity index (χ4n) is 2.48. The van der Waals surface area contributed by atoms with E-state index >= 15 is 0 Å². The number of likely N-dealkylation sites (tertiary alicyclic amines) is 1. The molecule has 0 aromatic heterocycles. The molecule has 1 unspecified atom stereocenters. The first kappa shape index (κ1) is 12.4. The smallest absolute Gasteiger partial charge is 0.119 e. The second-order valence-electron chi connectivity index (χ2n) is 4.91. The zero-order valence-electron chi connectivity index (χ0n) is 11.0. The van der Waals surface area contributed by atoms with Crippen molar-refractivity contribution in [2.75, 3.05) is 20.2 Å². The summed E-state index contributed by atoms with van der Waals surface area (Å²) >= 11 is 0. The Bertz CT molecular complexity index is 333. The summed E-state index contributed by atoms with van der Waals surface area (Å²) in [5, 5.41) is 0. The fraction of sp³-hybridized carbons (Fsp3) is 0.600. The molecule has 1 aromatic carbocycles. The molecule has 2 nitrogen and oxygen atoms in total. The van der Waals surface area contributed by atoms with Crippen molar-refractivity contribution in [2.45, 2.75) is 38.6 Å². The van der Waals surface area contributed by atoms with Gasteiger partial charge in [0, 0.05) is 6.04 Å². The van der Waals surface area contributed by atoms with Crippen LogP contribution in [0.5, 0.6) is 5.75 Å². The van der Waals surface area contributed by atoms with Crippen molar-refractivity contribution in [1.82, 2.24) is 4.90 Å². The molecule has 1 saturated heterocycles. The van der Waals surface area contributed by atoms with Crippen LogP contribution in [-0.2, 0) is 6.42 Å². The van der Waals surface area contributed by atoms with E-state index in [0.29, 0.717) is 0 Å². The monoisotopic (exact) mass is 233 g/mol. The molecule has 1 aliphatic heterocycles. The number of benzene rings is 1. The summed E-state index contributed by atoms with van der Waals surface area (Å²) in [6, 6.07) is 9.19. The molecular formula is C15H23NO. The highest BCUT2D eigenvalue weighted by atomic mass is 16.5. The molecule has 17 heavy (non-hydrogen) atoms. The third-order valence-corrected chi connectivity index (χ3v) is 3.72. The van der Waals surface area contributed by atoms with E-state index in [1.54, 1.807) is 0 Å². The fourth-order valence-corrected chi connectivity index (χ4v) is 2.48. The van der Waals surface area contributed by atoms with Gasteiger partial charge in [-0.25, -0.2) is 0 Å². The maximum atomic E-state index is 5.79. The van der Waals surface area contributed by atoms with Gasteiger partial charge in [0.25, 0.3) is 0 Å². The van der Waals surface area contributed by atoms with Gasteiger partial charge in [-0.2, -0.15) is 0 Å². The summed E-state index contributed by atoms with van der Waals surface area (Å²) in [5.41, 5.74) is 1.37. The van der Waals surface area contributed by atoms with Gasteiger partial charge in [-0.3, -0.25) is 0 Å². The number of rotatable bonds is 5. The minimum atomic E-state index is 0.727. The maximum Gasteiger partial charge on any atom is 0.119 e. The van der Waals surface area contributed by atoms with E-state index in [2.05, 4.69) is 43.1 Å². The lowest BCUT2D eigenvalue weighted by Crippen LogP contribution is -2.26. The second kappa shape index (κ2) is 6.06. The van der Waals surface area contributed by atoms with Gasteiger partial charge in [-0.1, -0.05) is 19.1 Å². The maximum absolute atomic E-state index is 5.79. The number of ether oxygens (including phenoxy) is 1. The minimum Gasteiger partial charge on any atom is -0.494 e. The van der Waals surface area contributed by atoms with Gasteiger partial charge < -0.3 is 9.64 Å². The Balaban J connectivity index is 1.73. The van der Waals surface area contributed by atoms with Crippen LogP contribution in [0.3, 0.4) is 0 Å². The van der Waals surface area contributed by atoms with E-state index in [4.69, 9.17) is 4.74 Å². The van der Waals surface area contributed by atoms with Crippen LogP contribution in [0.25, 0.3) is 0 Å². The van der Waals surface area contributed by atoms with Crippen molar-refractivity contribution in [3.05, 3.63) is 29.8 Å². The topological polar surface area (TPSA) is 12.5 Å². The van der Waals surface area contributed by atoms with Crippen molar-refractivity contribution in [3.8, 4) is 5.75 Å². The average Bonchev–Trinajstić information content (AvgIpc) is 2.76. The van der Waals surface area contributed by atoms with Crippen molar-refractivity contribution in [3.63, 3.8) is 0 Å². The van der Waals surface area contributed by atoms with Crippen LogP contribution < -0.4 is 4.74 Å². The second-order valence-corrected chi connectivity index (χ2v) is 4.91. The molecule has 0 bridgehead atoms. The molecule has 2 rings (SSSR count). The standard InChI is InChI=1S/C15H23NO/c1-3-13-6-8-15(9-7-13)17-12-10-14-5-4-11-16(14)2/h6-9,14H,3-5,10-12H2,1-2H3. The highest BCUT2D eigenvalue weighted by molar-refractivity contribution is 5.27. The lowest BCUT2D eigenvalue weighted by molar-refractivity contribution is 0.233. The summed E-state index contributed by atoms with van der Waals surface area (Å²) in [4.78, 5) is 2.45. The average molecular weight is 233 g/mol. The summed E-state index contributed by atoms with van der Waals surface area (Å²) in [6.07, 6.45) is 4.90. The Morgan fingerprint density at radius 2 is 2.06 bits per heavy atom. The predicted molar refractivity (Wildman–Crippen MR) is 71.6 cm³/mol. The van der Waals surface area contributed by atoms with Gasteiger partial charge in [0.05, 0.1) is 6.61 Å². The Morgan fingerprint density at radius 3 is 2.65 bits per heavy atom. The summed E-state index contributed by atoms with van der Waals surface area (Å²) in [6.45, 7) is 4.25. The highest BCUT2D eigenvalue weighted by Crippen LogP contribution is 2.19. The van der Waals surface area contributed by atoms with Gasteiger partial charge in [0.2, 0.25) is 0 Å². The third kappa shape index (κ3) is 3.47. The number of hydrogen-bond acceptors (Lipinski definition) is 2. The predicted octanol–water partition coefficient (Wildman–Crippen LogP) is 3.11. The molecule has 1 fully saturated rings. The largest absolute Gasteiger partial charge is 0.494 e. The molecule has 1 heterocycles. The Hall–Kier alpha value is -1.02. The van der Waals surface area contributed by atoms with Crippen LogP contribution >= 0.6 is 0 Å². The highest BCUT2D eigenvalue weighted by Gasteiger charge is 2.20. The molecule has 0 spiro atoms. The van der Waals surface area contributed by atoms with Gasteiger partial charge in [-0.15, -0.1) is 0 Å². The van der Waals surface area contributed by atoms with Crippen LogP contribution in [0.1, 0.15) is 31.7 Å². The molecule has 0 saturated carbocycles.